The maximum Gasteiger partial charge on any atom is 0.173 e. The van der Waals surface area contributed by atoms with Gasteiger partial charge in [-0.15, -0.1) is 0 Å². The summed E-state index contributed by atoms with van der Waals surface area (Å²) in [6.07, 6.45) is 0. The quantitative estimate of drug-likeness (QED) is 0.382. The van der Waals surface area contributed by atoms with Gasteiger partial charge in [-0.3, -0.25) is 0 Å². The van der Waals surface area contributed by atoms with Crippen molar-refractivity contribution in [3.63, 3.8) is 0 Å². The first-order chi connectivity index (χ1) is 10.0. The summed E-state index contributed by atoms with van der Waals surface area (Å²) >= 11 is 3.31. The standard InChI is InChI=1S/C15H14BrFN2O2/c1-9-2-4-12(17)6-10(9)8-21-14-5-3-11(16)7-13(14)15(18)19-20/h2-7,20H,8H2,1H3,(H2,18,19). The Bertz CT molecular complexity index is 689. The SMILES string of the molecule is Cc1ccc(F)cc1COc1ccc(Br)cc1/C(N)=N/O. The molecule has 0 atom stereocenters. The fraction of sp³-hybridized carbons (Fsp3) is 0.133. The molecule has 0 heterocycles. The van der Waals surface area contributed by atoms with E-state index in [2.05, 4.69) is 21.1 Å². The fourth-order valence-electron chi connectivity index (χ4n) is 1.83. The lowest BCUT2D eigenvalue weighted by atomic mass is 10.1. The van der Waals surface area contributed by atoms with E-state index in [-0.39, 0.29) is 18.3 Å². The van der Waals surface area contributed by atoms with Gasteiger partial charge < -0.3 is 15.7 Å². The van der Waals surface area contributed by atoms with Crippen molar-refractivity contribution in [2.24, 2.45) is 10.9 Å². The maximum atomic E-state index is 13.3. The molecule has 0 aliphatic heterocycles. The Morgan fingerprint density at radius 2 is 2.10 bits per heavy atom. The molecular formula is C15H14BrFN2O2. The molecule has 2 aromatic carbocycles. The second-order valence-corrected chi connectivity index (χ2v) is 5.40. The molecule has 0 amide bonds. The molecule has 0 saturated heterocycles. The van der Waals surface area contributed by atoms with Crippen molar-refractivity contribution in [3.05, 3.63) is 63.4 Å². The van der Waals surface area contributed by atoms with Crippen LogP contribution in [0.3, 0.4) is 0 Å². The molecule has 110 valence electrons. The van der Waals surface area contributed by atoms with Crippen LogP contribution >= 0.6 is 15.9 Å². The first-order valence-corrected chi connectivity index (χ1v) is 6.96. The average Bonchev–Trinajstić information content (AvgIpc) is 2.48. The van der Waals surface area contributed by atoms with E-state index in [0.717, 1.165) is 15.6 Å². The number of nitrogens with zero attached hydrogens (tertiary/aromatic N) is 1. The minimum Gasteiger partial charge on any atom is -0.488 e. The monoisotopic (exact) mass is 352 g/mol. The zero-order chi connectivity index (χ0) is 15.4. The zero-order valence-electron chi connectivity index (χ0n) is 11.3. The van der Waals surface area contributed by atoms with Crippen LogP contribution in [0.5, 0.6) is 5.75 Å². The molecule has 21 heavy (non-hydrogen) atoms. The van der Waals surface area contributed by atoms with Crippen molar-refractivity contribution >= 4 is 21.8 Å². The Morgan fingerprint density at radius 1 is 1.33 bits per heavy atom. The molecule has 2 aromatic rings. The Kier molecular flexibility index (Phi) is 4.80. The number of aryl methyl sites for hydroxylation is 1. The smallest absolute Gasteiger partial charge is 0.173 e. The van der Waals surface area contributed by atoms with Gasteiger partial charge in [0, 0.05) is 4.47 Å². The summed E-state index contributed by atoms with van der Waals surface area (Å²) in [5.41, 5.74) is 7.75. The van der Waals surface area contributed by atoms with Crippen LogP contribution in [-0.2, 0) is 6.61 Å². The van der Waals surface area contributed by atoms with Gasteiger partial charge in [0.05, 0.1) is 5.56 Å². The number of oxime groups is 1. The van der Waals surface area contributed by atoms with Gasteiger partial charge in [-0.1, -0.05) is 27.2 Å². The molecular weight excluding hydrogens is 339 g/mol. The van der Waals surface area contributed by atoms with Gasteiger partial charge >= 0.3 is 0 Å². The number of rotatable bonds is 4. The van der Waals surface area contributed by atoms with Gasteiger partial charge in [-0.2, -0.15) is 0 Å². The van der Waals surface area contributed by atoms with Gasteiger partial charge in [0.15, 0.2) is 5.84 Å². The zero-order valence-corrected chi connectivity index (χ0v) is 12.9. The summed E-state index contributed by atoms with van der Waals surface area (Å²) in [4.78, 5) is 0. The van der Waals surface area contributed by atoms with Gasteiger partial charge in [-0.25, -0.2) is 4.39 Å². The summed E-state index contributed by atoms with van der Waals surface area (Å²) in [7, 11) is 0. The van der Waals surface area contributed by atoms with Gasteiger partial charge in [-0.05, 0) is 48.4 Å². The third-order valence-electron chi connectivity index (χ3n) is 3.02. The summed E-state index contributed by atoms with van der Waals surface area (Å²) in [5.74, 6) is 0.0890. The lowest BCUT2D eigenvalue weighted by Gasteiger charge is -2.12. The van der Waals surface area contributed by atoms with Crippen molar-refractivity contribution in [2.75, 3.05) is 0 Å². The minimum absolute atomic E-state index is 0.0535. The van der Waals surface area contributed by atoms with Crippen molar-refractivity contribution in [3.8, 4) is 5.75 Å². The molecule has 0 aliphatic carbocycles. The average molecular weight is 353 g/mol. The van der Waals surface area contributed by atoms with Crippen LogP contribution in [0.2, 0.25) is 0 Å². The molecule has 2 rings (SSSR count). The highest BCUT2D eigenvalue weighted by Crippen LogP contribution is 2.24. The van der Waals surface area contributed by atoms with E-state index in [9.17, 15) is 4.39 Å². The van der Waals surface area contributed by atoms with Gasteiger partial charge in [0.2, 0.25) is 0 Å². The molecule has 0 bridgehead atoms. The largest absolute Gasteiger partial charge is 0.488 e. The molecule has 0 radical (unpaired) electrons. The van der Waals surface area contributed by atoms with E-state index in [1.54, 1.807) is 24.3 Å². The predicted molar refractivity (Wildman–Crippen MR) is 82.1 cm³/mol. The van der Waals surface area contributed by atoms with Crippen LogP contribution in [0.15, 0.2) is 46.0 Å². The topological polar surface area (TPSA) is 67.8 Å². The van der Waals surface area contributed by atoms with Crippen LogP contribution < -0.4 is 10.5 Å². The fourth-order valence-corrected chi connectivity index (χ4v) is 2.19. The Labute approximate surface area is 130 Å². The van der Waals surface area contributed by atoms with Crippen molar-refractivity contribution in [1.82, 2.24) is 0 Å². The summed E-state index contributed by atoms with van der Waals surface area (Å²) in [6.45, 7) is 2.07. The van der Waals surface area contributed by atoms with Crippen LogP contribution in [0, 0.1) is 12.7 Å². The van der Waals surface area contributed by atoms with Crippen molar-refractivity contribution in [2.45, 2.75) is 13.5 Å². The third-order valence-corrected chi connectivity index (χ3v) is 3.51. The highest BCUT2D eigenvalue weighted by atomic mass is 79.9. The first-order valence-electron chi connectivity index (χ1n) is 6.16. The molecule has 0 aromatic heterocycles. The first kappa shape index (κ1) is 15.3. The summed E-state index contributed by atoms with van der Waals surface area (Å²) < 4.78 is 19.7. The number of benzene rings is 2. The highest BCUT2D eigenvalue weighted by Gasteiger charge is 2.10. The van der Waals surface area contributed by atoms with E-state index in [1.165, 1.54) is 12.1 Å². The molecule has 0 saturated carbocycles. The van der Waals surface area contributed by atoms with E-state index in [0.29, 0.717) is 11.3 Å². The van der Waals surface area contributed by atoms with Crippen molar-refractivity contribution in [1.29, 1.82) is 0 Å². The number of hydrogen-bond acceptors (Lipinski definition) is 3. The number of ether oxygens (including phenoxy) is 1. The van der Waals surface area contributed by atoms with Gasteiger partial charge in [0.25, 0.3) is 0 Å². The number of amidine groups is 1. The Balaban J connectivity index is 2.26. The summed E-state index contributed by atoms with van der Waals surface area (Å²) in [5, 5.41) is 11.8. The second-order valence-electron chi connectivity index (χ2n) is 4.49. The van der Waals surface area contributed by atoms with E-state index in [4.69, 9.17) is 15.7 Å². The van der Waals surface area contributed by atoms with E-state index < -0.39 is 0 Å². The number of hydrogen-bond donors (Lipinski definition) is 2. The maximum absolute atomic E-state index is 13.3. The predicted octanol–water partition coefficient (Wildman–Crippen LogP) is 3.57. The summed E-state index contributed by atoms with van der Waals surface area (Å²) in [6, 6.07) is 9.69. The van der Waals surface area contributed by atoms with Crippen LogP contribution in [0.1, 0.15) is 16.7 Å². The second kappa shape index (κ2) is 6.58. The minimum atomic E-state index is -0.313. The normalized spacial score (nSPS) is 11.5. The molecule has 3 N–H and O–H groups in total. The Hall–Kier alpha value is -2.08. The molecule has 4 nitrogen and oxygen atoms in total. The molecule has 0 aliphatic rings. The molecule has 6 heteroatoms. The highest BCUT2D eigenvalue weighted by molar-refractivity contribution is 9.10. The third kappa shape index (κ3) is 3.72. The van der Waals surface area contributed by atoms with Crippen LogP contribution in [0.4, 0.5) is 4.39 Å². The van der Waals surface area contributed by atoms with Crippen molar-refractivity contribution < 1.29 is 14.3 Å². The Morgan fingerprint density at radius 3 is 2.81 bits per heavy atom. The molecule has 0 unspecified atom stereocenters. The molecule has 0 spiro atoms. The van der Waals surface area contributed by atoms with Gasteiger partial charge in [0.1, 0.15) is 18.2 Å². The lowest BCUT2D eigenvalue weighted by molar-refractivity contribution is 0.302. The van der Waals surface area contributed by atoms with E-state index in [1.807, 2.05) is 6.92 Å². The lowest BCUT2D eigenvalue weighted by Crippen LogP contribution is -2.15. The number of halogens is 2. The van der Waals surface area contributed by atoms with E-state index >= 15 is 0 Å². The van der Waals surface area contributed by atoms with Crippen LogP contribution in [-0.4, -0.2) is 11.0 Å². The van der Waals surface area contributed by atoms with Crippen LogP contribution in [0.25, 0.3) is 0 Å². The molecule has 0 fully saturated rings. The number of nitrogens with two attached hydrogens (primary N) is 1.